The van der Waals surface area contributed by atoms with Gasteiger partial charge in [0.25, 0.3) is 0 Å². The summed E-state index contributed by atoms with van der Waals surface area (Å²) in [5.41, 5.74) is 1.20. The smallest absolute Gasteiger partial charge is 0.208 e. The van der Waals surface area contributed by atoms with Crippen LogP contribution in [0.4, 0.5) is 10.9 Å². The summed E-state index contributed by atoms with van der Waals surface area (Å²) in [5, 5.41) is 23.0. The van der Waals surface area contributed by atoms with Gasteiger partial charge in [0.2, 0.25) is 5.13 Å². The zero-order valence-corrected chi connectivity index (χ0v) is 15.7. The molecule has 1 aromatic carbocycles. The van der Waals surface area contributed by atoms with Crippen molar-refractivity contribution in [3.63, 3.8) is 0 Å². The third-order valence-electron chi connectivity index (χ3n) is 4.41. The average Bonchev–Trinajstić information content (AvgIpc) is 3.14. The quantitative estimate of drug-likeness (QED) is 0.721. The summed E-state index contributed by atoms with van der Waals surface area (Å²) in [6.07, 6.45) is 4.57. The first-order chi connectivity index (χ1) is 12.8. The molecule has 134 valence electrons. The lowest BCUT2D eigenvalue weighted by molar-refractivity contribution is 0.523. The van der Waals surface area contributed by atoms with Gasteiger partial charge >= 0.3 is 0 Å². The van der Waals surface area contributed by atoms with Crippen LogP contribution in [-0.2, 0) is 6.42 Å². The Morgan fingerprint density at radius 3 is 2.62 bits per heavy atom. The molecule has 1 saturated heterocycles. The maximum atomic E-state index is 5.94. The number of nitrogens with zero attached hydrogens (tertiary/aromatic N) is 5. The van der Waals surface area contributed by atoms with E-state index in [9.17, 15) is 0 Å². The van der Waals surface area contributed by atoms with Crippen molar-refractivity contribution in [2.45, 2.75) is 25.3 Å². The van der Waals surface area contributed by atoms with E-state index in [0.29, 0.717) is 6.04 Å². The third-order valence-corrected chi connectivity index (χ3v) is 5.65. The highest BCUT2D eigenvalue weighted by Gasteiger charge is 2.22. The molecule has 0 unspecified atom stereocenters. The number of aromatic nitrogens is 4. The summed E-state index contributed by atoms with van der Waals surface area (Å²) in [6, 6.07) is 12.2. The molecular weight excluding hydrogens is 368 g/mol. The highest BCUT2D eigenvalue weighted by atomic mass is 35.5. The van der Waals surface area contributed by atoms with Gasteiger partial charge in [-0.3, -0.25) is 0 Å². The minimum absolute atomic E-state index is 0.421. The van der Waals surface area contributed by atoms with Crippen LogP contribution in [0.15, 0.2) is 42.6 Å². The maximum Gasteiger partial charge on any atom is 0.208 e. The first-order valence-electron chi connectivity index (χ1n) is 8.62. The van der Waals surface area contributed by atoms with Gasteiger partial charge in [-0.25, -0.2) is 0 Å². The predicted molar refractivity (Wildman–Crippen MR) is 105 cm³/mol. The van der Waals surface area contributed by atoms with Crippen molar-refractivity contribution in [1.82, 2.24) is 20.4 Å². The predicted octanol–water partition coefficient (Wildman–Crippen LogP) is 3.65. The molecule has 0 atom stereocenters. The van der Waals surface area contributed by atoms with Gasteiger partial charge in [0, 0.05) is 36.8 Å². The third kappa shape index (κ3) is 4.28. The van der Waals surface area contributed by atoms with Gasteiger partial charge in [-0.1, -0.05) is 35.1 Å². The molecule has 0 bridgehead atoms. The molecule has 1 aliphatic rings. The summed E-state index contributed by atoms with van der Waals surface area (Å²) in [6.45, 7) is 1.93. The highest BCUT2D eigenvalue weighted by Crippen LogP contribution is 2.26. The molecule has 0 aliphatic carbocycles. The Kier molecular flexibility index (Phi) is 5.26. The summed E-state index contributed by atoms with van der Waals surface area (Å²) >= 11 is 7.61. The van der Waals surface area contributed by atoms with Crippen LogP contribution < -0.4 is 10.2 Å². The molecule has 0 radical (unpaired) electrons. The topological polar surface area (TPSA) is 66.8 Å². The van der Waals surface area contributed by atoms with E-state index in [1.54, 1.807) is 17.5 Å². The molecule has 26 heavy (non-hydrogen) atoms. The monoisotopic (exact) mass is 386 g/mol. The van der Waals surface area contributed by atoms with Crippen LogP contribution in [0.2, 0.25) is 5.02 Å². The Morgan fingerprint density at radius 1 is 1.08 bits per heavy atom. The number of hydrogen-bond donors (Lipinski definition) is 1. The summed E-state index contributed by atoms with van der Waals surface area (Å²) in [4.78, 5) is 2.32. The number of anilines is 2. The fraction of sp³-hybridized carbons (Fsp3) is 0.333. The van der Waals surface area contributed by atoms with Gasteiger partial charge < -0.3 is 10.2 Å². The van der Waals surface area contributed by atoms with Crippen molar-refractivity contribution < 1.29 is 0 Å². The van der Waals surface area contributed by atoms with E-state index in [1.807, 2.05) is 36.4 Å². The number of piperidine rings is 1. The van der Waals surface area contributed by atoms with Gasteiger partial charge in [-0.2, -0.15) is 5.10 Å². The average molecular weight is 387 g/mol. The van der Waals surface area contributed by atoms with Crippen LogP contribution in [0, 0.1) is 0 Å². The second-order valence-electron chi connectivity index (χ2n) is 6.30. The van der Waals surface area contributed by atoms with E-state index in [4.69, 9.17) is 11.6 Å². The summed E-state index contributed by atoms with van der Waals surface area (Å²) < 4.78 is 0. The molecule has 1 fully saturated rings. The fourth-order valence-corrected chi connectivity index (χ4v) is 4.07. The minimum Gasteiger partial charge on any atom is -0.366 e. The molecule has 0 amide bonds. The number of halogens is 1. The van der Waals surface area contributed by atoms with E-state index in [0.717, 1.165) is 53.3 Å². The van der Waals surface area contributed by atoms with Crippen molar-refractivity contribution in [3.05, 3.63) is 58.2 Å². The van der Waals surface area contributed by atoms with Crippen molar-refractivity contribution in [1.29, 1.82) is 0 Å². The molecule has 1 aliphatic heterocycles. The zero-order chi connectivity index (χ0) is 17.8. The fourth-order valence-electron chi connectivity index (χ4n) is 3.02. The van der Waals surface area contributed by atoms with Crippen molar-refractivity contribution in [2.24, 2.45) is 0 Å². The van der Waals surface area contributed by atoms with E-state index in [2.05, 4.69) is 30.6 Å². The van der Waals surface area contributed by atoms with Crippen LogP contribution in [0.1, 0.15) is 23.4 Å². The second-order valence-corrected chi connectivity index (χ2v) is 7.77. The van der Waals surface area contributed by atoms with Gasteiger partial charge in [-0.05, 0) is 42.7 Å². The SMILES string of the molecule is Clc1ccc(Cc2nnc(N3CCC(Nc4cccnn4)CC3)s2)cc1. The Balaban J connectivity index is 1.32. The van der Waals surface area contributed by atoms with E-state index in [1.165, 1.54) is 5.56 Å². The van der Waals surface area contributed by atoms with Crippen molar-refractivity contribution in [3.8, 4) is 0 Å². The second kappa shape index (κ2) is 7.97. The Labute approximate surface area is 161 Å². The molecule has 8 heteroatoms. The van der Waals surface area contributed by atoms with Crippen molar-refractivity contribution in [2.75, 3.05) is 23.3 Å². The first-order valence-corrected chi connectivity index (χ1v) is 9.82. The number of nitrogens with one attached hydrogen (secondary N) is 1. The van der Waals surface area contributed by atoms with Gasteiger partial charge in [-0.15, -0.1) is 15.3 Å². The van der Waals surface area contributed by atoms with Gasteiger partial charge in [0.15, 0.2) is 0 Å². The molecule has 0 spiro atoms. The van der Waals surface area contributed by atoms with Crippen LogP contribution in [0.5, 0.6) is 0 Å². The van der Waals surface area contributed by atoms with E-state index in [-0.39, 0.29) is 0 Å². The molecule has 0 saturated carbocycles. The lowest BCUT2D eigenvalue weighted by atomic mass is 10.1. The molecule has 2 aromatic heterocycles. The van der Waals surface area contributed by atoms with E-state index < -0.39 is 0 Å². The maximum absolute atomic E-state index is 5.94. The van der Waals surface area contributed by atoms with E-state index >= 15 is 0 Å². The molecule has 4 rings (SSSR count). The van der Waals surface area contributed by atoms with Gasteiger partial charge in [0.1, 0.15) is 10.8 Å². The number of rotatable bonds is 5. The van der Waals surface area contributed by atoms with Crippen molar-refractivity contribution >= 4 is 33.9 Å². The zero-order valence-electron chi connectivity index (χ0n) is 14.2. The standard InChI is InChI=1S/C18H19ClN6S/c19-14-5-3-13(4-6-14)12-17-23-24-18(26-17)25-10-7-15(8-11-25)21-16-2-1-9-20-22-16/h1-6,9,15H,7-8,10-12H2,(H,21,22). The number of benzene rings is 1. The van der Waals surface area contributed by atoms with Gasteiger partial charge in [0.05, 0.1) is 0 Å². The minimum atomic E-state index is 0.421. The van der Waals surface area contributed by atoms with Crippen LogP contribution in [0.3, 0.4) is 0 Å². The lowest BCUT2D eigenvalue weighted by Crippen LogP contribution is -2.39. The molecule has 3 aromatic rings. The molecule has 1 N–H and O–H groups in total. The van der Waals surface area contributed by atoms with Crippen LogP contribution in [-0.4, -0.2) is 39.5 Å². The largest absolute Gasteiger partial charge is 0.366 e. The molecule has 3 heterocycles. The molecule has 6 nitrogen and oxygen atoms in total. The number of hydrogen-bond acceptors (Lipinski definition) is 7. The highest BCUT2D eigenvalue weighted by molar-refractivity contribution is 7.15. The van der Waals surface area contributed by atoms with Crippen LogP contribution >= 0.6 is 22.9 Å². The normalized spacial score (nSPS) is 15.2. The Bertz CT molecular complexity index is 830. The first kappa shape index (κ1) is 17.2. The summed E-state index contributed by atoms with van der Waals surface area (Å²) in [5.74, 6) is 0.840. The molecular formula is C18H19ClN6S. The Hall–Kier alpha value is -2.25. The Morgan fingerprint density at radius 2 is 1.88 bits per heavy atom. The summed E-state index contributed by atoms with van der Waals surface area (Å²) in [7, 11) is 0. The lowest BCUT2D eigenvalue weighted by Gasteiger charge is -2.31. The van der Waals surface area contributed by atoms with Crippen LogP contribution in [0.25, 0.3) is 0 Å².